The van der Waals surface area contributed by atoms with Gasteiger partial charge in [-0.05, 0) is 59.6 Å². The first-order chi connectivity index (χ1) is 9.42. The molecule has 2 nitrogen and oxygen atoms in total. The van der Waals surface area contributed by atoms with Gasteiger partial charge >= 0.3 is 0 Å². The molecule has 0 N–H and O–H groups in total. The number of rotatable bonds is 5. The predicted molar refractivity (Wildman–Crippen MR) is 65.2 cm³/mol. The van der Waals surface area contributed by atoms with Crippen LogP contribution in [-0.2, 0) is 9.47 Å². The molecule has 0 aliphatic carbocycles. The Labute approximate surface area is 104 Å². The highest BCUT2D eigenvalue weighted by Gasteiger charge is 2.28. The molecule has 0 aromatic rings. The Hall–Kier alpha value is -0.340. The van der Waals surface area contributed by atoms with Crippen LogP contribution in [0.15, 0.2) is 11.1 Å². The molecule has 15 heavy (non-hydrogen) atoms. The molecule has 0 fully saturated rings. The summed E-state index contributed by atoms with van der Waals surface area (Å²) < 4.78 is 61.7. The average molecular weight is 221 g/mol. The van der Waals surface area contributed by atoms with Crippen molar-refractivity contribution in [1.82, 2.24) is 0 Å². The van der Waals surface area contributed by atoms with E-state index in [-0.39, 0.29) is 0 Å². The molecule has 0 aromatic heterocycles. The maximum absolute atomic E-state index is 7.60. The van der Waals surface area contributed by atoms with Gasteiger partial charge in [-0.1, -0.05) is 0 Å². The van der Waals surface area contributed by atoms with Crippen molar-refractivity contribution in [1.29, 1.82) is 0 Å². The third kappa shape index (κ3) is 3.62. The molecule has 2 heteroatoms. The van der Waals surface area contributed by atoms with Crippen LogP contribution in [0.2, 0.25) is 0 Å². The van der Waals surface area contributed by atoms with Crippen LogP contribution < -0.4 is 0 Å². The van der Waals surface area contributed by atoms with Crippen LogP contribution in [0.4, 0.5) is 0 Å². The largest absolute Gasteiger partial charge is 0.374 e. The Balaban J connectivity index is 5.54. The van der Waals surface area contributed by atoms with E-state index in [1.165, 1.54) is 0 Å². The van der Waals surface area contributed by atoms with Crippen molar-refractivity contribution < 1.29 is 19.1 Å². The lowest BCUT2D eigenvalue weighted by Crippen LogP contribution is -2.32. The summed E-state index contributed by atoms with van der Waals surface area (Å²) in [6.45, 7) is 5.59. The monoisotopic (exact) mass is 221 g/mol. The van der Waals surface area contributed by atoms with Crippen LogP contribution in [0.25, 0.3) is 0 Å². The Bertz CT molecular complexity index is 423. The first-order valence-corrected chi connectivity index (χ1v) is 4.86. The van der Waals surface area contributed by atoms with E-state index in [1.54, 1.807) is 41.5 Å². The summed E-state index contributed by atoms with van der Waals surface area (Å²) in [6, 6.07) is 0. The van der Waals surface area contributed by atoms with Gasteiger partial charge in [0.15, 0.2) is 0 Å². The molecule has 0 amide bonds. The van der Waals surface area contributed by atoms with Crippen LogP contribution >= 0.6 is 0 Å². The highest BCUT2D eigenvalue weighted by molar-refractivity contribution is 5.25. The second kappa shape index (κ2) is 5.13. The summed E-state index contributed by atoms with van der Waals surface area (Å²) in [6.07, 6.45) is 0. The second-order valence-corrected chi connectivity index (χ2v) is 4.59. The molecule has 0 radical (unpaired) electrons. The maximum atomic E-state index is 7.60. The van der Waals surface area contributed by atoms with Gasteiger partial charge < -0.3 is 9.47 Å². The quantitative estimate of drug-likeness (QED) is 0.661. The molecule has 0 bridgehead atoms. The zero-order valence-electron chi connectivity index (χ0n) is 17.4. The van der Waals surface area contributed by atoms with E-state index in [0.717, 1.165) is 0 Å². The van der Waals surface area contributed by atoms with Crippen LogP contribution in [0.1, 0.15) is 58.0 Å². The summed E-state index contributed by atoms with van der Waals surface area (Å²) in [5.41, 5.74) is -1.03. The minimum absolute atomic E-state index is 0.589. The smallest absolute Gasteiger partial charge is 0.0836 e. The van der Waals surface area contributed by atoms with Crippen molar-refractivity contribution >= 4 is 0 Å². The summed E-state index contributed by atoms with van der Waals surface area (Å²) in [7, 11) is -2.56. The predicted octanol–water partition coefficient (Wildman–Crippen LogP) is 3.56. The first kappa shape index (κ1) is 6.41. The Morgan fingerprint density at radius 2 is 1.67 bits per heavy atom. The Morgan fingerprint density at radius 1 is 1.13 bits per heavy atom. The molecular weight excluding hydrogens is 188 g/mol. The van der Waals surface area contributed by atoms with Crippen molar-refractivity contribution in [3.63, 3.8) is 0 Å². The molecule has 0 aromatic carbocycles. The highest BCUT2D eigenvalue weighted by atomic mass is 16.5. The average Bonchev–Trinajstić information content (AvgIpc) is 2.21. The van der Waals surface area contributed by atoms with Gasteiger partial charge in [-0.3, -0.25) is 0 Å². The Morgan fingerprint density at radius 3 is 2.13 bits per heavy atom. The van der Waals surface area contributed by atoms with Crippen molar-refractivity contribution in [2.24, 2.45) is 0 Å². The maximum Gasteiger partial charge on any atom is 0.0836 e. The molecule has 0 heterocycles. The van der Waals surface area contributed by atoms with E-state index in [1.807, 2.05) is 0 Å². The minimum Gasteiger partial charge on any atom is -0.374 e. The lowest BCUT2D eigenvalue weighted by atomic mass is 9.87. The van der Waals surface area contributed by atoms with Gasteiger partial charge in [-0.15, -0.1) is 0 Å². The van der Waals surface area contributed by atoms with Crippen molar-refractivity contribution in [3.8, 4) is 0 Å². The zero-order valence-corrected chi connectivity index (χ0v) is 10.4. The molecule has 0 aliphatic heterocycles. The van der Waals surface area contributed by atoms with Crippen LogP contribution in [0.5, 0.6) is 0 Å². The van der Waals surface area contributed by atoms with Crippen molar-refractivity contribution in [2.75, 3.05) is 13.6 Å². The van der Waals surface area contributed by atoms with E-state index in [2.05, 4.69) is 0 Å². The topological polar surface area (TPSA) is 18.5 Å². The summed E-state index contributed by atoms with van der Waals surface area (Å²) in [4.78, 5) is 0. The third-order valence-corrected chi connectivity index (χ3v) is 2.94. The van der Waals surface area contributed by atoms with Gasteiger partial charge in [0.1, 0.15) is 0 Å². The lowest BCUT2D eigenvalue weighted by molar-refractivity contribution is 0.0110. The minimum atomic E-state index is -2.56. The van der Waals surface area contributed by atoms with Crippen molar-refractivity contribution in [3.05, 3.63) is 11.1 Å². The molecule has 0 saturated heterocycles. The second-order valence-electron chi connectivity index (χ2n) is 4.59. The number of ether oxygens (including phenoxy) is 2. The van der Waals surface area contributed by atoms with E-state index in [4.69, 9.17) is 19.1 Å². The normalized spacial score (nSPS) is 24.1. The molecule has 0 saturated carbocycles. The lowest BCUT2D eigenvalue weighted by Gasteiger charge is -2.33. The van der Waals surface area contributed by atoms with Gasteiger partial charge in [0, 0.05) is 16.3 Å². The molecular formula is C13H26O2. The molecule has 0 unspecified atom stereocenters. The third-order valence-electron chi connectivity index (χ3n) is 2.94. The Kier molecular flexibility index (Phi) is 2.19. The first-order valence-electron chi connectivity index (χ1n) is 8.51. The van der Waals surface area contributed by atoms with Gasteiger partial charge in [-0.2, -0.15) is 0 Å². The molecule has 0 atom stereocenters. The van der Waals surface area contributed by atoms with Crippen LogP contribution in [0.3, 0.4) is 0 Å². The molecule has 0 rings (SSSR count). The van der Waals surface area contributed by atoms with Gasteiger partial charge in [-0.25, -0.2) is 0 Å². The van der Waals surface area contributed by atoms with E-state index >= 15 is 0 Å². The van der Waals surface area contributed by atoms with Gasteiger partial charge in [0.05, 0.1) is 18.1 Å². The zero-order chi connectivity index (χ0) is 18.1. The molecule has 90 valence electrons. The van der Waals surface area contributed by atoms with E-state index < -0.39 is 31.7 Å². The summed E-state index contributed by atoms with van der Waals surface area (Å²) in [5.74, 6) is 0. The van der Waals surface area contributed by atoms with Crippen LogP contribution in [0, 0.1) is 0 Å². The fourth-order valence-electron chi connectivity index (χ4n) is 1.20. The van der Waals surface area contributed by atoms with Gasteiger partial charge in [0.25, 0.3) is 0 Å². The number of hydrogen-bond acceptors (Lipinski definition) is 2. The van der Waals surface area contributed by atoms with Crippen molar-refractivity contribution in [2.45, 2.75) is 59.6 Å². The standard InChI is InChI=1S/C13H26O2/c1-9-15-13(6,7)11(3)10(2)12(4,5)14-8/h9H2,1-8H3/b11-10-/i1D2,8D3,9D2. The van der Waals surface area contributed by atoms with E-state index in [0.29, 0.717) is 11.1 Å². The summed E-state index contributed by atoms with van der Waals surface area (Å²) >= 11 is 0. The summed E-state index contributed by atoms with van der Waals surface area (Å²) in [5, 5.41) is 0. The van der Waals surface area contributed by atoms with E-state index in [9.17, 15) is 0 Å². The number of hydrogen-bond donors (Lipinski definition) is 0. The highest BCUT2D eigenvalue weighted by Crippen LogP contribution is 2.30. The van der Waals surface area contributed by atoms with Crippen LogP contribution in [-0.4, -0.2) is 24.8 Å². The molecule has 0 aliphatic rings. The van der Waals surface area contributed by atoms with Gasteiger partial charge in [0.2, 0.25) is 0 Å². The molecule has 0 spiro atoms. The fraction of sp³-hybridized carbons (Fsp3) is 0.846. The SMILES string of the molecule is [2H]C([2H])C([2H])([2H])OC(C)(C)/C(C)=C(/C)C(C)(C)OC([2H])([2H])[2H]. The fourth-order valence-corrected chi connectivity index (χ4v) is 1.20. The number of methoxy groups -OCH3 is 1.